The molecule has 2 aromatic rings. The minimum Gasteiger partial charge on any atom is -0.385 e. The Kier molecular flexibility index (Phi) is 3.28. The molecule has 0 saturated carbocycles. The molecule has 0 bridgehead atoms. The van der Waals surface area contributed by atoms with E-state index >= 15 is 0 Å². The fraction of sp³-hybridized carbons (Fsp3) is 0.167. The summed E-state index contributed by atoms with van der Waals surface area (Å²) in [4.78, 5) is 34.7. The molecule has 19 heavy (non-hydrogen) atoms. The first-order valence-corrected chi connectivity index (χ1v) is 5.49. The van der Waals surface area contributed by atoms with E-state index in [1.807, 2.05) is 0 Å². The zero-order valence-electron chi connectivity index (χ0n) is 10.4. The van der Waals surface area contributed by atoms with Gasteiger partial charge in [0.15, 0.2) is 0 Å². The molecule has 2 aromatic heterocycles. The number of rotatable bonds is 2. The van der Waals surface area contributed by atoms with Crippen molar-refractivity contribution in [2.75, 3.05) is 0 Å². The predicted octanol–water partition coefficient (Wildman–Crippen LogP) is 0.680. The third-order valence-corrected chi connectivity index (χ3v) is 2.46. The quantitative estimate of drug-likeness (QED) is 0.357. The number of oxime groups is 1. The highest BCUT2D eigenvalue weighted by atomic mass is 16.7. The predicted molar refractivity (Wildman–Crippen MR) is 69.8 cm³/mol. The minimum absolute atomic E-state index is 0.0865. The molecule has 0 aliphatic rings. The van der Waals surface area contributed by atoms with Gasteiger partial charge in [-0.3, -0.25) is 9.78 Å². The molecule has 98 valence electrons. The molecule has 3 N–H and O–H groups in total. The summed E-state index contributed by atoms with van der Waals surface area (Å²) in [5.74, 6) is -0.778. The topological polar surface area (TPSA) is 110 Å². The number of nitrogens with two attached hydrogens (primary N) is 1. The van der Waals surface area contributed by atoms with Crippen LogP contribution in [0.3, 0.4) is 0 Å². The molecule has 0 aromatic carbocycles. The van der Waals surface area contributed by atoms with E-state index in [9.17, 15) is 9.59 Å². The van der Waals surface area contributed by atoms with Gasteiger partial charge in [-0.1, -0.05) is 5.16 Å². The monoisotopic (exact) mass is 260 g/mol. The fourth-order valence-corrected chi connectivity index (χ4v) is 1.58. The van der Waals surface area contributed by atoms with E-state index in [1.54, 1.807) is 19.2 Å². The number of nitrogens with zero attached hydrogens (tertiary/aromatic N) is 2. The Morgan fingerprint density at radius 3 is 2.95 bits per heavy atom. The molecular weight excluding hydrogens is 248 g/mol. The van der Waals surface area contributed by atoms with E-state index < -0.39 is 11.5 Å². The fourth-order valence-electron chi connectivity index (χ4n) is 1.58. The normalized spacial score (nSPS) is 11.6. The second-order valence-corrected chi connectivity index (χ2v) is 3.98. The summed E-state index contributed by atoms with van der Waals surface area (Å²) in [5, 5.41) is 3.99. The number of pyridine rings is 2. The van der Waals surface area contributed by atoms with Gasteiger partial charge in [0.25, 0.3) is 5.56 Å². The van der Waals surface area contributed by atoms with Crippen LogP contribution in [0.5, 0.6) is 0 Å². The third-order valence-electron chi connectivity index (χ3n) is 2.46. The minimum atomic E-state index is -0.865. The smallest absolute Gasteiger partial charge is 0.371 e. The average Bonchev–Trinajstić information content (AvgIpc) is 2.35. The lowest BCUT2D eigenvalue weighted by Crippen LogP contribution is -2.19. The van der Waals surface area contributed by atoms with Crippen LogP contribution in [0.1, 0.15) is 23.0 Å². The Hall–Kier alpha value is -2.70. The number of fused-ring (bicyclic) bond motifs is 1. The maximum atomic E-state index is 11.8. The van der Waals surface area contributed by atoms with E-state index in [0.29, 0.717) is 16.6 Å². The highest BCUT2D eigenvalue weighted by molar-refractivity contribution is 5.94. The summed E-state index contributed by atoms with van der Waals surface area (Å²) in [6.45, 7) is 3.24. The highest BCUT2D eigenvalue weighted by Crippen LogP contribution is 2.13. The molecule has 2 heterocycles. The van der Waals surface area contributed by atoms with Gasteiger partial charge in [0.05, 0.1) is 5.52 Å². The van der Waals surface area contributed by atoms with Crippen molar-refractivity contribution in [1.82, 2.24) is 9.97 Å². The number of carbonyl (C=O) groups excluding carboxylic acids is 1. The van der Waals surface area contributed by atoms with Crippen LogP contribution < -0.4 is 11.3 Å². The van der Waals surface area contributed by atoms with Crippen molar-refractivity contribution in [1.29, 1.82) is 0 Å². The van der Waals surface area contributed by atoms with E-state index in [4.69, 9.17) is 5.73 Å². The lowest BCUT2D eigenvalue weighted by molar-refractivity contribution is 0.0513. The van der Waals surface area contributed by atoms with E-state index in [0.717, 1.165) is 0 Å². The average molecular weight is 260 g/mol. The zero-order valence-corrected chi connectivity index (χ0v) is 10.4. The maximum absolute atomic E-state index is 11.8. The summed E-state index contributed by atoms with van der Waals surface area (Å²) in [6.07, 6.45) is 1.58. The number of hydrogen-bond acceptors (Lipinski definition) is 5. The Morgan fingerprint density at radius 2 is 2.26 bits per heavy atom. The van der Waals surface area contributed by atoms with Gasteiger partial charge in [-0.05, 0) is 26.0 Å². The van der Waals surface area contributed by atoms with Crippen LogP contribution in [-0.2, 0) is 4.84 Å². The van der Waals surface area contributed by atoms with Gasteiger partial charge in [0.1, 0.15) is 11.4 Å². The van der Waals surface area contributed by atoms with Crippen LogP contribution in [0.2, 0.25) is 0 Å². The lowest BCUT2D eigenvalue weighted by atomic mass is 10.1. The zero-order chi connectivity index (χ0) is 14.0. The van der Waals surface area contributed by atoms with Gasteiger partial charge in [-0.2, -0.15) is 0 Å². The first kappa shape index (κ1) is 12.7. The van der Waals surface area contributed by atoms with Crippen molar-refractivity contribution in [3.05, 3.63) is 39.9 Å². The number of nitrogens with one attached hydrogen (secondary N) is 1. The lowest BCUT2D eigenvalue weighted by Gasteiger charge is -2.03. The molecular formula is C12H12N4O3. The van der Waals surface area contributed by atoms with Crippen LogP contribution in [0.25, 0.3) is 10.9 Å². The van der Waals surface area contributed by atoms with Gasteiger partial charge >= 0.3 is 5.97 Å². The molecule has 0 radical (unpaired) electrons. The van der Waals surface area contributed by atoms with Gasteiger partial charge in [-0.15, -0.1) is 0 Å². The van der Waals surface area contributed by atoms with Crippen molar-refractivity contribution in [2.45, 2.75) is 13.8 Å². The van der Waals surface area contributed by atoms with Gasteiger partial charge in [0.2, 0.25) is 0 Å². The number of hydrogen-bond donors (Lipinski definition) is 2. The standard InChI is InChI=1S/C12H12N4O3/c1-6-8-5-9(12(18)19-16-7(2)13)11(17)15-10(8)3-4-14-6/h3-5H,1-2H3,(H2,13,16)(H,15,17). The maximum Gasteiger partial charge on any atom is 0.371 e. The number of H-pyrrole nitrogens is 1. The summed E-state index contributed by atoms with van der Waals surface area (Å²) >= 11 is 0. The molecule has 0 aliphatic heterocycles. The van der Waals surface area contributed by atoms with Gasteiger partial charge < -0.3 is 15.6 Å². The molecule has 2 rings (SSSR count). The SMILES string of the molecule is CC(N)=NOC(=O)c1cc2c(C)nccc2[nH]c1=O. The van der Waals surface area contributed by atoms with Crippen molar-refractivity contribution < 1.29 is 9.63 Å². The van der Waals surface area contributed by atoms with Crippen LogP contribution in [0.4, 0.5) is 0 Å². The second kappa shape index (κ2) is 4.89. The van der Waals surface area contributed by atoms with Crippen LogP contribution in [0.15, 0.2) is 28.3 Å². The molecule has 0 fully saturated rings. The first-order valence-electron chi connectivity index (χ1n) is 5.49. The van der Waals surface area contributed by atoms with Gasteiger partial charge in [0, 0.05) is 17.3 Å². The molecule has 7 nitrogen and oxygen atoms in total. The summed E-state index contributed by atoms with van der Waals surface area (Å²) < 4.78 is 0. The van der Waals surface area contributed by atoms with Crippen LogP contribution in [0, 0.1) is 6.92 Å². The molecule has 0 amide bonds. The largest absolute Gasteiger partial charge is 0.385 e. The molecule has 0 atom stereocenters. The third kappa shape index (κ3) is 2.59. The molecule has 0 unspecified atom stereocenters. The number of aromatic nitrogens is 2. The first-order chi connectivity index (χ1) is 8.99. The Morgan fingerprint density at radius 1 is 1.53 bits per heavy atom. The summed E-state index contributed by atoms with van der Waals surface area (Å²) in [5.41, 5.74) is 5.86. The number of aromatic amines is 1. The van der Waals surface area contributed by atoms with E-state index in [2.05, 4.69) is 20.0 Å². The van der Waals surface area contributed by atoms with Crippen LogP contribution >= 0.6 is 0 Å². The van der Waals surface area contributed by atoms with Crippen molar-refractivity contribution in [3.8, 4) is 0 Å². The molecule has 0 spiro atoms. The van der Waals surface area contributed by atoms with Crippen molar-refractivity contribution in [2.24, 2.45) is 10.9 Å². The van der Waals surface area contributed by atoms with Crippen molar-refractivity contribution in [3.63, 3.8) is 0 Å². The Bertz CT molecular complexity index is 729. The highest BCUT2D eigenvalue weighted by Gasteiger charge is 2.14. The van der Waals surface area contributed by atoms with E-state index in [1.165, 1.54) is 13.0 Å². The molecule has 7 heteroatoms. The number of carbonyl (C=O) groups is 1. The Labute approximate surface area is 108 Å². The van der Waals surface area contributed by atoms with E-state index in [-0.39, 0.29) is 11.4 Å². The van der Waals surface area contributed by atoms with Gasteiger partial charge in [-0.25, -0.2) is 4.79 Å². The molecule has 0 aliphatic carbocycles. The summed E-state index contributed by atoms with van der Waals surface area (Å²) in [7, 11) is 0. The van der Waals surface area contributed by atoms with Crippen molar-refractivity contribution >= 4 is 22.7 Å². The number of aryl methyl sites for hydroxylation is 1. The number of amidine groups is 1. The second-order valence-electron chi connectivity index (χ2n) is 3.98. The van der Waals surface area contributed by atoms with Crippen LogP contribution in [-0.4, -0.2) is 21.8 Å². The summed E-state index contributed by atoms with van der Waals surface area (Å²) in [6, 6.07) is 3.08. The molecule has 0 saturated heterocycles. The Balaban J connectivity index is 2.52.